The molecule has 0 atom stereocenters. The summed E-state index contributed by atoms with van der Waals surface area (Å²) in [6, 6.07) is 7.19. The Labute approximate surface area is 82.7 Å². The molecule has 0 bridgehead atoms. The molecule has 1 rings (SSSR count). The average Bonchev–Trinajstić information content (AvgIpc) is 2.26. The zero-order valence-corrected chi connectivity index (χ0v) is 8.03. The number of ether oxygens (including phenoxy) is 1. The van der Waals surface area contributed by atoms with Crippen LogP contribution in [0, 0.1) is 0 Å². The van der Waals surface area contributed by atoms with Crippen LogP contribution in [0.5, 0.6) is 0 Å². The van der Waals surface area contributed by atoms with Gasteiger partial charge in [0.15, 0.2) is 0 Å². The first-order valence-corrected chi connectivity index (χ1v) is 4.37. The van der Waals surface area contributed by atoms with E-state index < -0.39 is 0 Å². The minimum absolute atomic E-state index is 0.235. The molecule has 0 aliphatic heterocycles. The summed E-state index contributed by atoms with van der Waals surface area (Å²) in [5.74, 6) is -0.235. The molecule has 1 aromatic rings. The van der Waals surface area contributed by atoms with Crippen LogP contribution in [0.15, 0.2) is 24.3 Å². The topological polar surface area (TPSA) is 43.4 Å². The Morgan fingerprint density at radius 1 is 1.50 bits per heavy atom. The van der Waals surface area contributed by atoms with Gasteiger partial charge in [-0.05, 0) is 18.1 Å². The van der Waals surface area contributed by atoms with E-state index in [1.54, 1.807) is 18.2 Å². The molecular weight excluding hydrogens is 180 g/mol. The van der Waals surface area contributed by atoms with E-state index >= 15 is 0 Å². The fourth-order valence-electron chi connectivity index (χ4n) is 1.17. The molecular formula is C11H12O3. The zero-order chi connectivity index (χ0) is 10.4. The van der Waals surface area contributed by atoms with Gasteiger partial charge in [0, 0.05) is 12.0 Å². The van der Waals surface area contributed by atoms with Gasteiger partial charge in [0.2, 0.25) is 0 Å². The summed E-state index contributed by atoms with van der Waals surface area (Å²) in [6.07, 6.45) is 1.74. The van der Waals surface area contributed by atoms with Gasteiger partial charge in [0.25, 0.3) is 0 Å². The maximum atomic E-state index is 10.8. The van der Waals surface area contributed by atoms with Crippen LogP contribution in [0.3, 0.4) is 0 Å². The third-order valence-electron chi connectivity index (χ3n) is 1.93. The van der Waals surface area contributed by atoms with E-state index in [0.717, 1.165) is 11.8 Å². The van der Waals surface area contributed by atoms with Crippen LogP contribution in [-0.2, 0) is 16.0 Å². The highest BCUT2D eigenvalue weighted by atomic mass is 16.5. The van der Waals surface area contributed by atoms with Crippen molar-refractivity contribution in [2.24, 2.45) is 0 Å². The lowest BCUT2D eigenvalue weighted by Crippen LogP contribution is -2.01. The number of benzene rings is 1. The van der Waals surface area contributed by atoms with Crippen molar-refractivity contribution in [3.05, 3.63) is 35.4 Å². The van der Waals surface area contributed by atoms with Gasteiger partial charge in [-0.15, -0.1) is 0 Å². The first kappa shape index (κ1) is 10.4. The van der Waals surface area contributed by atoms with E-state index in [4.69, 9.17) is 0 Å². The van der Waals surface area contributed by atoms with E-state index in [0.29, 0.717) is 18.4 Å². The van der Waals surface area contributed by atoms with Crippen molar-refractivity contribution in [1.82, 2.24) is 0 Å². The Kier molecular flexibility index (Phi) is 3.85. The van der Waals surface area contributed by atoms with Crippen molar-refractivity contribution in [1.29, 1.82) is 0 Å². The molecule has 1 aromatic carbocycles. The van der Waals surface area contributed by atoms with Gasteiger partial charge in [0.05, 0.1) is 7.11 Å². The lowest BCUT2D eigenvalue weighted by Gasteiger charge is -2.00. The number of esters is 1. The molecule has 0 fully saturated rings. The van der Waals surface area contributed by atoms with E-state index in [2.05, 4.69) is 4.74 Å². The summed E-state index contributed by atoms with van der Waals surface area (Å²) in [6.45, 7) is 0. The van der Waals surface area contributed by atoms with Crippen LogP contribution in [0.25, 0.3) is 0 Å². The van der Waals surface area contributed by atoms with E-state index in [9.17, 15) is 9.59 Å². The quantitative estimate of drug-likeness (QED) is 0.537. The van der Waals surface area contributed by atoms with Crippen LogP contribution in [0.4, 0.5) is 0 Å². The molecule has 0 unspecified atom stereocenters. The minimum Gasteiger partial charge on any atom is -0.469 e. The highest BCUT2D eigenvalue weighted by molar-refractivity contribution is 5.75. The highest BCUT2D eigenvalue weighted by Gasteiger charge is 2.01. The van der Waals surface area contributed by atoms with Gasteiger partial charge in [-0.2, -0.15) is 0 Å². The third-order valence-corrected chi connectivity index (χ3v) is 1.93. The fourth-order valence-corrected chi connectivity index (χ4v) is 1.17. The molecule has 74 valence electrons. The lowest BCUT2D eigenvalue weighted by molar-refractivity contribution is -0.140. The second-order valence-electron chi connectivity index (χ2n) is 2.94. The summed E-state index contributed by atoms with van der Waals surface area (Å²) in [5.41, 5.74) is 1.60. The minimum atomic E-state index is -0.235. The maximum Gasteiger partial charge on any atom is 0.305 e. The highest BCUT2D eigenvalue weighted by Crippen LogP contribution is 2.06. The largest absolute Gasteiger partial charge is 0.469 e. The Morgan fingerprint density at radius 2 is 2.29 bits per heavy atom. The molecule has 0 aromatic heterocycles. The Morgan fingerprint density at radius 3 is 2.93 bits per heavy atom. The number of hydrogen-bond acceptors (Lipinski definition) is 3. The molecule has 0 saturated carbocycles. The normalized spacial score (nSPS) is 9.50. The predicted molar refractivity (Wildman–Crippen MR) is 52.2 cm³/mol. The zero-order valence-electron chi connectivity index (χ0n) is 8.03. The molecule has 0 aliphatic carbocycles. The molecule has 3 nitrogen and oxygen atoms in total. The Bertz CT molecular complexity index is 331. The third kappa shape index (κ3) is 3.01. The van der Waals surface area contributed by atoms with Gasteiger partial charge in [-0.1, -0.05) is 18.2 Å². The summed E-state index contributed by atoms with van der Waals surface area (Å²) >= 11 is 0. The van der Waals surface area contributed by atoms with E-state index in [-0.39, 0.29) is 5.97 Å². The molecule has 0 aliphatic rings. The molecule has 14 heavy (non-hydrogen) atoms. The smallest absolute Gasteiger partial charge is 0.305 e. The summed E-state index contributed by atoms with van der Waals surface area (Å²) in [7, 11) is 1.37. The van der Waals surface area contributed by atoms with Crippen molar-refractivity contribution < 1.29 is 14.3 Å². The van der Waals surface area contributed by atoms with Crippen molar-refractivity contribution in [3.63, 3.8) is 0 Å². The predicted octanol–water partition coefficient (Wildman–Crippen LogP) is 1.60. The standard InChI is InChI=1S/C11H12O3/c1-14-11(13)6-5-9-3-2-4-10(7-9)8-12/h2-4,7-8H,5-6H2,1H3. The van der Waals surface area contributed by atoms with E-state index in [1.165, 1.54) is 7.11 Å². The molecule has 0 amide bonds. The average molecular weight is 192 g/mol. The first-order valence-electron chi connectivity index (χ1n) is 4.37. The molecule has 3 heteroatoms. The van der Waals surface area contributed by atoms with Crippen molar-refractivity contribution in [2.45, 2.75) is 12.8 Å². The van der Waals surface area contributed by atoms with Gasteiger partial charge in [0.1, 0.15) is 6.29 Å². The second kappa shape index (κ2) is 5.17. The molecule has 0 heterocycles. The monoisotopic (exact) mass is 192 g/mol. The number of rotatable bonds is 4. The number of carbonyl (C=O) groups is 2. The first-order chi connectivity index (χ1) is 6.76. The van der Waals surface area contributed by atoms with Crippen LogP contribution >= 0.6 is 0 Å². The number of carbonyl (C=O) groups excluding carboxylic acids is 2. The van der Waals surface area contributed by atoms with Crippen molar-refractivity contribution >= 4 is 12.3 Å². The Hall–Kier alpha value is -1.64. The number of methoxy groups -OCH3 is 1. The van der Waals surface area contributed by atoms with Crippen molar-refractivity contribution in [2.75, 3.05) is 7.11 Å². The second-order valence-corrected chi connectivity index (χ2v) is 2.94. The molecule has 0 N–H and O–H groups in total. The van der Waals surface area contributed by atoms with Crippen LogP contribution in [0.1, 0.15) is 22.3 Å². The number of hydrogen-bond donors (Lipinski definition) is 0. The molecule has 0 spiro atoms. The lowest BCUT2D eigenvalue weighted by atomic mass is 10.1. The SMILES string of the molecule is COC(=O)CCc1cccc(C=O)c1. The Balaban J connectivity index is 2.58. The van der Waals surface area contributed by atoms with Crippen LogP contribution in [-0.4, -0.2) is 19.4 Å². The van der Waals surface area contributed by atoms with Crippen LogP contribution in [0.2, 0.25) is 0 Å². The van der Waals surface area contributed by atoms with E-state index in [1.807, 2.05) is 6.07 Å². The molecule has 0 saturated heterocycles. The van der Waals surface area contributed by atoms with Gasteiger partial charge >= 0.3 is 5.97 Å². The van der Waals surface area contributed by atoms with Gasteiger partial charge in [-0.3, -0.25) is 9.59 Å². The summed E-state index contributed by atoms with van der Waals surface area (Å²) in [5, 5.41) is 0. The fraction of sp³-hybridized carbons (Fsp3) is 0.273. The van der Waals surface area contributed by atoms with Crippen LogP contribution < -0.4 is 0 Å². The van der Waals surface area contributed by atoms with Gasteiger partial charge < -0.3 is 4.74 Å². The number of aryl methyl sites for hydroxylation is 1. The summed E-state index contributed by atoms with van der Waals surface area (Å²) in [4.78, 5) is 21.3. The van der Waals surface area contributed by atoms with Gasteiger partial charge in [-0.25, -0.2) is 0 Å². The summed E-state index contributed by atoms with van der Waals surface area (Å²) < 4.78 is 4.52. The molecule has 0 radical (unpaired) electrons. The number of aldehydes is 1. The maximum absolute atomic E-state index is 10.8. The van der Waals surface area contributed by atoms with Crippen molar-refractivity contribution in [3.8, 4) is 0 Å².